The molecule has 1 aliphatic heterocycles. The van der Waals surface area contributed by atoms with Crippen molar-refractivity contribution in [2.45, 2.75) is 19.3 Å². The van der Waals surface area contributed by atoms with E-state index in [2.05, 4.69) is 5.32 Å². The van der Waals surface area contributed by atoms with E-state index in [1.807, 2.05) is 0 Å². The van der Waals surface area contributed by atoms with E-state index in [1.54, 1.807) is 4.90 Å². The molecule has 0 aliphatic carbocycles. The first kappa shape index (κ1) is 16.1. The molecule has 7 heteroatoms. The van der Waals surface area contributed by atoms with Crippen LogP contribution >= 0.6 is 11.6 Å². The lowest BCUT2D eigenvalue weighted by Gasteiger charge is -2.30. The van der Waals surface area contributed by atoms with Gasteiger partial charge in [-0.15, -0.1) is 0 Å². The zero-order valence-corrected chi connectivity index (χ0v) is 12.0. The van der Waals surface area contributed by atoms with Gasteiger partial charge in [-0.1, -0.05) is 11.6 Å². The summed E-state index contributed by atoms with van der Waals surface area (Å²) < 4.78 is 37.8. The standard InChI is InChI=1S/C14H16ClF3N2O/c15-11-2-1-10(7-12(11)16)19-14(21)9-3-5-20(6-4-9)8-13(17)18/h1-2,7,9,13H,3-6,8H2,(H,19,21). The van der Waals surface area contributed by atoms with Crippen molar-refractivity contribution in [3.63, 3.8) is 0 Å². The first-order chi connectivity index (χ1) is 9.95. The minimum atomic E-state index is -2.35. The number of piperidine rings is 1. The number of likely N-dealkylation sites (tertiary alicyclic amines) is 1. The largest absolute Gasteiger partial charge is 0.326 e. The molecule has 1 aromatic carbocycles. The summed E-state index contributed by atoms with van der Waals surface area (Å²) in [6, 6.07) is 4.05. The Morgan fingerprint density at radius 1 is 1.38 bits per heavy atom. The van der Waals surface area contributed by atoms with E-state index in [9.17, 15) is 18.0 Å². The van der Waals surface area contributed by atoms with Crippen LogP contribution in [0.3, 0.4) is 0 Å². The molecule has 0 unspecified atom stereocenters. The molecule has 0 atom stereocenters. The van der Waals surface area contributed by atoms with Gasteiger partial charge in [-0.2, -0.15) is 0 Å². The summed E-state index contributed by atoms with van der Waals surface area (Å²) in [5.41, 5.74) is 0.344. The van der Waals surface area contributed by atoms with Gasteiger partial charge >= 0.3 is 0 Å². The Hall–Kier alpha value is -1.27. The van der Waals surface area contributed by atoms with Gasteiger partial charge in [0.2, 0.25) is 5.91 Å². The number of nitrogens with zero attached hydrogens (tertiary/aromatic N) is 1. The van der Waals surface area contributed by atoms with E-state index in [0.29, 0.717) is 31.6 Å². The van der Waals surface area contributed by atoms with Crippen molar-refractivity contribution < 1.29 is 18.0 Å². The van der Waals surface area contributed by atoms with Gasteiger partial charge in [-0.25, -0.2) is 13.2 Å². The van der Waals surface area contributed by atoms with E-state index >= 15 is 0 Å². The molecule has 3 nitrogen and oxygen atoms in total. The zero-order chi connectivity index (χ0) is 15.4. The van der Waals surface area contributed by atoms with Crippen molar-refractivity contribution in [2.75, 3.05) is 25.0 Å². The Morgan fingerprint density at radius 3 is 2.62 bits per heavy atom. The third-order valence-electron chi connectivity index (χ3n) is 3.54. The van der Waals surface area contributed by atoms with E-state index in [4.69, 9.17) is 11.6 Å². The maximum atomic E-state index is 13.3. The van der Waals surface area contributed by atoms with Gasteiger partial charge in [0.05, 0.1) is 11.6 Å². The number of hydrogen-bond acceptors (Lipinski definition) is 2. The fourth-order valence-corrected chi connectivity index (χ4v) is 2.51. The van der Waals surface area contributed by atoms with Gasteiger partial charge < -0.3 is 5.32 Å². The lowest BCUT2D eigenvalue weighted by molar-refractivity contribution is -0.121. The predicted octanol–water partition coefficient (Wildman–Crippen LogP) is 3.39. The lowest BCUT2D eigenvalue weighted by Crippen LogP contribution is -2.40. The average molecular weight is 321 g/mol. The molecule has 116 valence electrons. The summed E-state index contributed by atoms with van der Waals surface area (Å²) in [6.45, 7) is 0.686. The van der Waals surface area contributed by atoms with Crippen molar-refractivity contribution in [1.82, 2.24) is 4.90 Å². The second kappa shape index (κ2) is 7.13. The van der Waals surface area contributed by atoms with Crippen molar-refractivity contribution in [2.24, 2.45) is 5.92 Å². The first-order valence-electron chi connectivity index (χ1n) is 6.72. The van der Waals surface area contributed by atoms with Crippen molar-refractivity contribution in [3.05, 3.63) is 29.0 Å². The van der Waals surface area contributed by atoms with E-state index in [-0.39, 0.29) is 23.4 Å². The molecule has 1 saturated heterocycles. The maximum Gasteiger partial charge on any atom is 0.251 e. The van der Waals surface area contributed by atoms with Crippen LogP contribution in [-0.2, 0) is 4.79 Å². The van der Waals surface area contributed by atoms with Gasteiger partial charge in [0, 0.05) is 11.6 Å². The molecule has 2 rings (SSSR count). The fraction of sp³-hybridized carbons (Fsp3) is 0.500. The zero-order valence-electron chi connectivity index (χ0n) is 11.3. The molecule has 0 radical (unpaired) electrons. The smallest absolute Gasteiger partial charge is 0.251 e. The summed E-state index contributed by atoms with van der Waals surface area (Å²) in [5, 5.41) is 2.62. The Labute approximate surface area is 126 Å². The summed E-state index contributed by atoms with van der Waals surface area (Å²) >= 11 is 5.57. The van der Waals surface area contributed by atoms with Crippen molar-refractivity contribution >= 4 is 23.2 Å². The minimum Gasteiger partial charge on any atom is -0.326 e. The Kier molecular flexibility index (Phi) is 5.47. The highest BCUT2D eigenvalue weighted by atomic mass is 35.5. The second-order valence-corrected chi connectivity index (χ2v) is 5.49. The molecule has 1 aromatic rings. The Morgan fingerprint density at radius 2 is 2.05 bits per heavy atom. The number of halogens is 4. The topological polar surface area (TPSA) is 32.3 Å². The summed E-state index contributed by atoms with van der Waals surface area (Å²) in [4.78, 5) is 13.7. The molecular formula is C14H16ClF3N2O. The van der Waals surface area contributed by atoms with Crippen LogP contribution in [0.1, 0.15) is 12.8 Å². The van der Waals surface area contributed by atoms with Crippen LogP contribution in [0.4, 0.5) is 18.9 Å². The number of rotatable bonds is 4. The van der Waals surface area contributed by atoms with Crippen LogP contribution in [-0.4, -0.2) is 36.9 Å². The maximum absolute atomic E-state index is 13.3. The van der Waals surface area contributed by atoms with Crippen molar-refractivity contribution in [3.8, 4) is 0 Å². The van der Waals surface area contributed by atoms with Gasteiger partial charge in [-0.05, 0) is 44.1 Å². The summed E-state index contributed by atoms with van der Waals surface area (Å²) in [6.07, 6.45) is -1.31. The highest BCUT2D eigenvalue weighted by Crippen LogP contribution is 2.22. The third kappa shape index (κ3) is 4.61. The van der Waals surface area contributed by atoms with Gasteiger partial charge in [0.25, 0.3) is 6.43 Å². The molecule has 1 N–H and O–H groups in total. The second-order valence-electron chi connectivity index (χ2n) is 5.08. The quantitative estimate of drug-likeness (QED) is 0.922. The van der Waals surface area contributed by atoms with Crippen LogP contribution < -0.4 is 5.32 Å². The number of alkyl halides is 2. The number of carbonyl (C=O) groups is 1. The monoisotopic (exact) mass is 320 g/mol. The average Bonchev–Trinajstić information content (AvgIpc) is 2.43. The third-order valence-corrected chi connectivity index (χ3v) is 3.85. The van der Waals surface area contributed by atoms with Gasteiger partial charge in [-0.3, -0.25) is 9.69 Å². The normalized spacial score (nSPS) is 17.2. The molecule has 1 heterocycles. The Balaban J connectivity index is 1.86. The minimum absolute atomic E-state index is 0.00620. The summed E-state index contributed by atoms with van der Waals surface area (Å²) in [7, 11) is 0. The van der Waals surface area contributed by atoms with Gasteiger partial charge in [0.1, 0.15) is 5.82 Å². The molecule has 0 aromatic heterocycles. The highest BCUT2D eigenvalue weighted by molar-refractivity contribution is 6.30. The molecule has 1 aliphatic rings. The molecule has 1 amide bonds. The predicted molar refractivity (Wildman–Crippen MR) is 75.2 cm³/mol. The fourth-order valence-electron chi connectivity index (χ4n) is 2.39. The molecule has 1 fully saturated rings. The van der Waals surface area contributed by atoms with Crippen LogP contribution in [0.2, 0.25) is 5.02 Å². The van der Waals surface area contributed by atoms with E-state index in [1.165, 1.54) is 12.1 Å². The SMILES string of the molecule is O=C(Nc1ccc(Cl)c(F)c1)C1CCN(CC(F)F)CC1. The highest BCUT2D eigenvalue weighted by Gasteiger charge is 2.26. The van der Waals surface area contributed by atoms with Crippen molar-refractivity contribution in [1.29, 1.82) is 0 Å². The van der Waals surface area contributed by atoms with Crippen LogP contribution in [0.25, 0.3) is 0 Å². The number of hydrogen-bond donors (Lipinski definition) is 1. The van der Waals surface area contributed by atoms with Crippen LogP contribution in [0, 0.1) is 11.7 Å². The molecule has 0 spiro atoms. The molecule has 0 saturated carbocycles. The van der Waals surface area contributed by atoms with E-state index < -0.39 is 12.2 Å². The Bertz CT molecular complexity index is 505. The molecular weight excluding hydrogens is 305 g/mol. The van der Waals surface area contributed by atoms with Gasteiger partial charge in [0.15, 0.2) is 0 Å². The molecule has 0 bridgehead atoms. The number of amides is 1. The lowest BCUT2D eigenvalue weighted by atomic mass is 9.96. The first-order valence-corrected chi connectivity index (χ1v) is 7.10. The number of anilines is 1. The number of benzene rings is 1. The number of nitrogens with one attached hydrogen (secondary N) is 1. The van der Waals surface area contributed by atoms with E-state index in [0.717, 1.165) is 6.07 Å². The molecule has 21 heavy (non-hydrogen) atoms. The van der Waals surface area contributed by atoms with Crippen LogP contribution in [0.5, 0.6) is 0 Å². The number of carbonyl (C=O) groups excluding carboxylic acids is 1. The van der Waals surface area contributed by atoms with Crippen LogP contribution in [0.15, 0.2) is 18.2 Å². The summed E-state index contributed by atoms with van der Waals surface area (Å²) in [5.74, 6) is -1.05.